The number of benzene rings is 1. The van der Waals surface area contributed by atoms with Crippen LogP contribution in [0.2, 0.25) is 5.02 Å². The predicted octanol–water partition coefficient (Wildman–Crippen LogP) is 3.29. The Morgan fingerprint density at radius 2 is 1.86 bits per heavy atom. The van der Waals surface area contributed by atoms with Crippen LogP contribution in [-0.4, -0.2) is 11.2 Å². The summed E-state index contributed by atoms with van der Waals surface area (Å²) in [6, 6.07) is 7.83. The summed E-state index contributed by atoms with van der Waals surface area (Å²) in [7, 11) is 0. The van der Waals surface area contributed by atoms with Gasteiger partial charge in [0.05, 0.1) is 6.10 Å². The van der Waals surface area contributed by atoms with Gasteiger partial charge in [-0.25, -0.2) is 0 Å². The summed E-state index contributed by atoms with van der Waals surface area (Å²) >= 11 is 5.80. The molecule has 0 heterocycles. The molecule has 0 saturated heterocycles. The van der Waals surface area contributed by atoms with Gasteiger partial charge in [0.15, 0.2) is 0 Å². The minimum atomic E-state index is -0.240. The molecule has 2 heteroatoms. The molecule has 14 heavy (non-hydrogen) atoms. The second-order valence-electron chi connectivity index (χ2n) is 3.74. The van der Waals surface area contributed by atoms with Crippen LogP contribution in [0.3, 0.4) is 0 Å². The third-order valence-corrected chi connectivity index (χ3v) is 2.87. The number of aliphatic hydroxyl groups excluding tert-OH is 1. The van der Waals surface area contributed by atoms with E-state index in [1.54, 1.807) is 0 Å². The summed E-state index contributed by atoms with van der Waals surface area (Å²) in [5, 5.41) is 10.3. The fraction of sp³-hybridized carbons (Fsp3) is 0.500. The summed E-state index contributed by atoms with van der Waals surface area (Å²) in [6.07, 6.45) is 1.68. The lowest BCUT2D eigenvalue weighted by molar-refractivity contribution is 0.123. The molecule has 0 aliphatic heterocycles. The van der Waals surface area contributed by atoms with E-state index in [-0.39, 0.29) is 6.10 Å². The van der Waals surface area contributed by atoms with E-state index in [0.29, 0.717) is 5.92 Å². The zero-order valence-electron chi connectivity index (χ0n) is 8.70. The fourth-order valence-electron chi connectivity index (χ4n) is 1.58. The molecule has 0 aromatic heterocycles. The van der Waals surface area contributed by atoms with Crippen LogP contribution < -0.4 is 0 Å². The first-order valence-electron chi connectivity index (χ1n) is 5.06. The smallest absolute Gasteiger partial charge is 0.0543 e. The van der Waals surface area contributed by atoms with Crippen LogP contribution in [0.1, 0.15) is 25.8 Å². The maximum Gasteiger partial charge on any atom is 0.0543 e. The standard InChI is InChI=1S/C12H17ClO/c1-3-11(9(2)14)8-10-4-6-12(13)7-5-10/h4-7,9,11,14H,3,8H2,1-2H3. The molecule has 2 atom stereocenters. The van der Waals surface area contributed by atoms with E-state index in [9.17, 15) is 5.11 Å². The lowest BCUT2D eigenvalue weighted by Gasteiger charge is -2.17. The molecule has 1 N–H and O–H groups in total. The van der Waals surface area contributed by atoms with Crippen molar-refractivity contribution >= 4 is 11.6 Å². The quantitative estimate of drug-likeness (QED) is 0.812. The number of aliphatic hydroxyl groups is 1. The van der Waals surface area contributed by atoms with Crippen LogP contribution >= 0.6 is 11.6 Å². The van der Waals surface area contributed by atoms with Gasteiger partial charge in [-0.3, -0.25) is 0 Å². The van der Waals surface area contributed by atoms with E-state index in [0.717, 1.165) is 17.9 Å². The van der Waals surface area contributed by atoms with Crippen molar-refractivity contribution in [3.8, 4) is 0 Å². The van der Waals surface area contributed by atoms with Gasteiger partial charge in [-0.05, 0) is 37.0 Å². The molecule has 1 rings (SSSR count). The molecule has 0 saturated carbocycles. The van der Waals surface area contributed by atoms with E-state index in [1.165, 1.54) is 5.56 Å². The number of hydrogen-bond donors (Lipinski definition) is 1. The minimum Gasteiger partial charge on any atom is -0.393 e. The zero-order valence-corrected chi connectivity index (χ0v) is 9.46. The summed E-state index contributed by atoms with van der Waals surface area (Å²) in [5.74, 6) is 0.344. The van der Waals surface area contributed by atoms with Gasteiger partial charge in [-0.2, -0.15) is 0 Å². The number of halogens is 1. The van der Waals surface area contributed by atoms with Gasteiger partial charge in [0.1, 0.15) is 0 Å². The van der Waals surface area contributed by atoms with Crippen molar-refractivity contribution in [2.45, 2.75) is 32.8 Å². The molecule has 0 spiro atoms. The first-order valence-corrected chi connectivity index (χ1v) is 5.43. The first kappa shape index (κ1) is 11.5. The third-order valence-electron chi connectivity index (χ3n) is 2.62. The van der Waals surface area contributed by atoms with E-state index in [2.05, 4.69) is 6.92 Å². The topological polar surface area (TPSA) is 20.2 Å². The summed E-state index contributed by atoms with van der Waals surface area (Å²) in [5.41, 5.74) is 1.24. The average molecular weight is 213 g/mol. The van der Waals surface area contributed by atoms with Crippen molar-refractivity contribution in [1.29, 1.82) is 0 Å². The summed E-state index contributed by atoms with van der Waals surface area (Å²) in [4.78, 5) is 0. The maximum atomic E-state index is 9.50. The van der Waals surface area contributed by atoms with Gasteiger partial charge in [0, 0.05) is 5.02 Å². The van der Waals surface area contributed by atoms with Gasteiger partial charge < -0.3 is 5.11 Å². The molecule has 2 unspecified atom stereocenters. The molecule has 1 aromatic rings. The van der Waals surface area contributed by atoms with Crippen molar-refractivity contribution in [2.75, 3.05) is 0 Å². The summed E-state index contributed by atoms with van der Waals surface area (Å²) in [6.45, 7) is 3.96. The highest BCUT2D eigenvalue weighted by Gasteiger charge is 2.12. The van der Waals surface area contributed by atoms with Gasteiger partial charge in [0.25, 0.3) is 0 Å². The van der Waals surface area contributed by atoms with Gasteiger partial charge in [-0.1, -0.05) is 37.1 Å². The second-order valence-corrected chi connectivity index (χ2v) is 4.18. The van der Waals surface area contributed by atoms with E-state index in [1.807, 2.05) is 31.2 Å². The lowest BCUT2D eigenvalue weighted by Crippen LogP contribution is -2.18. The largest absolute Gasteiger partial charge is 0.393 e. The lowest BCUT2D eigenvalue weighted by atomic mass is 9.93. The van der Waals surface area contributed by atoms with Gasteiger partial charge in [-0.15, -0.1) is 0 Å². The van der Waals surface area contributed by atoms with Crippen LogP contribution in [-0.2, 0) is 6.42 Å². The van der Waals surface area contributed by atoms with Crippen LogP contribution in [0.5, 0.6) is 0 Å². The van der Waals surface area contributed by atoms with Crippen LogP contribution in [0, 0.1) is 5.92 Å². The Hall–Kier alpha value is -0.530. The van der Waals surface area contributed by atoms with Crippen molar-refractivity contribution < 1.29 is 5.11 Å². The fourth-order valence-corrected chi connectivity index (χ4v) is 1.71. The Morgan fingerprint density at radius 3 is 2.29 bits per heavy atom. The van der Waals surface area contributed by atoms with Gasteiger partial charge in [0.2, 0.25) is 0 Å². The van der Waals surface area contributed by atoms with Crippen molar-refractivity contribution in [3.63, 3.8) is 0 Å². The first-order chi connectivity index (χ1) is 6.63. The molecule has 78 valence electrons. The second kappa shape index (κ2) is 5.38. The van der Waals surface area contributed by atoms with Crippen molar-refractivity contribution in [2.24, 2.45) is 5.92 Å². The molecule has 0 aliphatic rings. The molecule has 0 fully saturated rings. The monoisotopic (exact) mass is 212 g/mol. The Balaban J connectivity index is 2.63. The molecular formula is C12H17ClO. The predicted molar refractivity (Wildman–Crippen MR) is 60.6 cm³/mol. The molecular weight excluding hydrogens is 196 g/mol. The highest BCUT2D eigenvalue weighted by atomic mass is 35.5. The molecule has 1 nitrogen and oxygen atoms in total. The van der Waals surface area contributed by atoms with E-state index >= 15 is 0 Å². The van der Waals surface area contributed by atoms with Crippen LogP contribution in [0.15, 0.2) is 24.3 Å². The van der Waals surface area contributed by atoms with E-state index < -0.39 is 0 Å². The van der Waals surface area contributed by atoms with Crippen molar-refractivity contribution in [3.05, 3.63) is 34.9 Å². The normalized spacial score (nSPS) is 15.1. The highest BCUT2D eigenvalue weighted by Crippen LogP contribution is 2.17. The van der Waals surface area contributed by atoms with E-state index in [4.69, 9.17) is 11.6 Å². The third kappa shape index (κ3) is 3.32. The minimum absolute atomic E-state index is 0.240. The SMILES string of the molecule is CCC(Cc1ccc(Cl)cc1)C(C)O. The number of rotatable bonds is 4. The Labute approximate surface area is 90.7 Å². The van der Waals surface area contributed by atoms with Gasteiger partial charge >= 0.3 is 0 Å². The Bertz CT molecular complexity index is 266. The number of hydrogen-bond acceptors (Lipinski definition) is 1. The van der Waals surface area contributed by atoms with Crippen LogP contribution in [0.25, 0.3) is 0 Å². The van der Waals surface area contributed by atoms with Crippen molar-refractivity contribution in [1.82, 2.24) is 0 Å². The average Bonchev–Trinajstić information content (AvgIpc) is 2.16. The molecule has 1 aromatic carbocycles. The Kier molecular flexibility index (Phi) is 4.43. The molecule has 0 bridgehead atoms. The maximum absolute atomic E-state index is 9.50. The molecule has 0 aliphatic carbocycles. The summed E-state index contributed by atoms with van der Waals surface area (Å²) < 4.78 is 0. The molecule has 0 amide bonds. The highest BCUT2D eigenvalue weighted by molar-refractivity contribution is 6.30. The molecule has 0 radical (unpaired) electrons. The zero-order chi connectivity index (χ0) is 10.6. The Morgan fingerprint density at radius 1 is 1.29 bits per heavy atom. The van der Waals surface area contributed by atoms with Crippen LogP contribution in [0.4, 0.5) is 0 Å².